The van der Waals surface area contributed by atoms with Gasteiger partial charge in [-0.1, -0.05) is 56.5 Å². The topological polar surface area (TPSA) is 65.8 Å². The molecule has 7 rings (SSSR count). The number of carbonyl (C=O) groups excluding carboxylic acids is 1. The van der Waals surface area contributed by atoms with Gasteiger partial charge in [-0.3, -0.25) is 4.79 Å². The highest BCUT2D eigenvalue weighted by atomic mass is 16.4. The summed E-state index contributed by atoms with van der Waals surface area (Å²) in [6.07, 6.45) is 9.21. The zero-order valence-corrected chi connectivity index (χ0v) is 23.6. The predicted octanol–water partition coefficient (Wildman–Crippen LogP) is 6.69. The van der Waals surface area contributed by atoms with Crippen LogP contribution < -0.4 is 0 Å². The molecule has 1 aliphatic carbocycles. The Hall–Kier alpha value is -3.12. The Morgan fingerprint density at radius 2 is 1.75 bits per heavy atom. The lowest BCUT2D eigenvalue weighted by Gasteiger charge is -2.36. The van der Waals surface area contributed by atoms with Gasteiger partial charge in [0.25, 0.3) is 0 Å². The second-order valence-electron chi connectivity index (χ2n) is 12.6. The average molecular weight is 540 g/mol. The summed E-state index contributed by atoms with van der Waals surface area (Å²) in [5, 5.41) is 11.1. The lowest BCUT2D eigenvalue weighted by molar-refractivity contribution is -0.138. The van der Waals surface area contributed by atoms with Crippen molar-refractivity contribution >= 4 is 22.8 Å². The van der Waals surface area contributed by atoms with Crippen molar-refractivity contribution < 1.29 is 14.7 Å². The third-order valence-corrected chi connectivity index (χ3v) is 10.4. The first-order valence-corrected chi connectivity index (χ1v) is 15.6. The molecular formula is C34H41N3O3. The molecule has 1 unspecified atom stereocenters. The van der Waals surface area contributed by atoms with Crippen LogP contribution in [0.25, 0.3) is 22.2 Å². The highest BCUT2D eigenvalue weighted by Crippen LogP contribution is 2.51. The fraction of sp³-hybridized carbons (Fsp3) is 0.529. The largest absolute Gasteiger partial charge is 0.478 e. The fourth-order valence-electron chi connectivity index (χ4n) is 8.49. The van der Waals surface area contributed by atoms with E-state index in [2.05, 4.69) is 51.6 Å². The molecule has 3 aliphatic heterocycles. The lowest BCUT2D eigenvalue weighted by atomic mass is 9.81. The maximum Gasteiger partial charge on any atom is 0.335 e. The van der Waals surface area contributed by atoms with Crippen molar-refractivity contribution in [3.05, 3.63) is 59.2 Å². The highest BCUT2D eigenvalue weighted by Gasteiger charge is 2.44. The number of likely N-dealkylation sites (tertiary alicyclic amines) is 2. The molecule has 3 fully saturated rings. The van der Waals surface area contributed by atoms with Crippen LogP contribution in [0.4, 0.5) is 0 Å². The van der Waals surface area contributed by atoms with Crippen LogP contribution in [0.5, 0.6) is 0 Å². The molecule has 3 aromatic rings. The van der Waals surface area contributed by atoms with Gasteiger partial charge >= 0.3 is 5.97 Å². The van der Waals surface area contributed by atoms with E-state index in [-0.39, 0.29) is 12.0 Å². The number of benzene rings is 2. The summed E-state index contributed by atoms with van der Waals surface area (Å²) >= 11 is 0. The normalized spacial score (nSPS) is 25.3. The van der Waals surface area contributed by atoms with Gasteiger partial charge in [0.15, 0.2) is 0 Å². The Balaban J connectivity index is 1.37. The molecule has 40 heavy (non-hydrogen) atoms. The summed E-state index contributed by atoms with van der Waals surface area (Å²) in [6, 6.07) is 14.6. The molecule has 3 atom stereocenters. The van der Waals surface area contributed by atoms with Crippen molar-refractivity contribution in [2.24, 2.45) is 11.8 Å². The molecule has 0 radical (unpaired) electrons. The quantitative estimate of drug-likeness (QED) is 0.401. The Kier molecular flexibility index (Phi) is 6.69. The van der Waals surface area contributed by atoms with E-state index in [1.54, 1.807) is 6.07 Å². The summed E-state index contributed by atoms with van der Waals surface area (Å²) in [4.78, 5) is 30.8. The number of hydrogen-bond acceptors (Lipinski definition) is 3. The molecule has 1 amide bonds. The minimum atomic E-state index is -0.880. The van der Waals surface area contributed by atoms with Crippen LogP contribution in [0.3, 0.4) is 0 Å². The first kappa shape index (κ1) is 25.8. The SMILES string of the molecule is CCN1CCCC(C(=O)N2CC[C@H]3Cn4c(c(C5CCCCC5)c5ccc(C(=O)O)cc54)-c4ccccc4[C@@H]32)C1. The summed E-state index contributed by atoms with van der Waals surface area (Å²) in [5.74, 6) is 0.320. The van der Waals surface area contributed by atoms with Crippen molar-refractivity contribution in [2.75, 3.05) is 26.2 Å². The van der Waals surface area contributed by atoms with Crippen molar-refractivity contribution in [3.63, 3.8) is 0 Å². The van der Waals surface area contributed by atoms with Crippen LogP contribution in [0.15, 0.2) is 42.5 Å². The molecule has 4 aliphatic rings. The molecule has 210 valence electrons. The molecule has 6 heteroatoms. The summed E-state index contributed by atoms with van der Waals surface area (Å²) in [5.41, 5.74) is 6.58. The lowest BCUT2D eigenvalue weighted by Crippen LogP contribution is -2.45. The van der Waals surface area contributed by atoms with Gasteiger partial charge < -0.3 is 19.5 Å². The van der Waals surface area contributed by atoms with Gasteiger partial charge in [-0.25, -0.2) is 4.79 Å². The Morgan fingerprint density at radius 3 is 2.55 bits per heavy atom. The van der Waals surface area contributed by atoms with Crippen molar-refractivity contribution in [2.45, 2.75) is 76.8 Å². The van der Waals surface area contributed by atoms with Gasteiger partial charge in [0.2, 0.25) is 5.91 Å². The molecule has 0 bridgehead atoms. The molecule has 0 spiro atoms. The second kappa shape index (κ2) is 10.4. The molecule has 1 aromatic heterocycles. The van der Waals surface area contributed by atoms with Crippen LogP contribution in [-0.4, -0.2) is 57.5 Å². The Morgan fingerprint density at radius 1 is 0.925 bits per heavy atom. The standard InChI is InChI=1S/C34H41N3O3/c1-2-35-17-8-11-25(20-35)33(38)36-18-16-24-21-37-29-19-23(34(39)40)14-15-28(29)30(22-9-4-3-5-10-22)32(37)27-13-7-6-12-26(27)31(24)36/h6-7,12-15,19,22,24-25,31H,2-5,8-11,16-18,20-21H2,1H3,(H,39,40)/t24-,25?,31+/m0/s1. The fourth-order valence-corrected chi connectivity index (χ4v) is 8.49. The number of carbonyl (C=O) groups is 2. The smallest absolute Gasteiger partial charge is 0.335 e. The van der Waals surface area contributed by atoms with Crippen molar-refractivity contribution in [1.29, 1.82) is 0 Å². The zero-order chi connectivity index (χ0) is 27.4. The van der Waals surface area contributed by atoms with E-state index in [1.807, 2.05) is 6.07 Å². The highest BCUT2D eigenvalue weighted by molar-refractivity contribution is 5.98. The maximum absolute atomic E-state index is 14.1. The number of fused-ring (bicyclic) bond motifs is 7. The number of amides is 1. The number of rotatable bonds is 4. The molecular weight excluding hydrogens is 498 g/mol. The number of carboxylic acids is 1. The van der Waals surface area contributed by atoms with E-state index in [0.717, 1.165) is 57.5 Å². The zero-order valence-electron chi connectivity index (χ0n) is 23.6. The minimum Gasteiger partial charge on any atom is -0.478 e. The molecule has 1 saturated carbocycles. The van der Waals surface area contributed by atoms with Crippen LogP contribution in [-0.2, 0) is 11.3 Å². The third-order valence-electron chi connectivity index (χ3n) is 10.4. The molecule has 4 heterocycles. The van der Waals surface area contributed by atoms with Crippen LogP contribution in [0, 0.1) is 11.8 Å². The van der Waals surface area contributed by atoms with E-state index in [1.165, 1.54) is 59.9 Å². The summed E-state index contributed by atoms with van der Waals surface area (Å²) in [6.45, 7) is 6.79. The Bertz CT molecular complexity index is 1450. The summed E-state index contributed by atoms with van der Waals surface area (Å²) < 4.78 is 2.45. The first-order chi connectivity index (χ1) is 19.5. The number of nitrogens with zero attached hydrogens (tertiary/aromatic N) is 3. The van der Waals surface area contributed by atoms with Gasteiger partial charge in [-0.15, -0.1) is 0 Å². The number of aromatic nitrogens is 1. The van der Waals surface area contributed by atoms with Crippen molar-refractivity contribution in [1.82, 2.24) is 14.4 Å². The van der Waals surface area contributed by atoms with Gasteiger partial charge in [-0.05, 0) is 74.4 Å². The minimum absolute atomic E-state index is 0.0671. The number of hydrogen-bond donors (Lipinski definition) is 1. The van der Waals surface area contributed by atoms with Gasteiger partial charge in [0.05, 0.1) is 23.2 Å². The van der Waals surface area contributed by atoms with Gasteiger partial charge in [-0.2, -0.15) is 0 Å². The van der Waals surface area contributed by atoms with Crippen LogP contribution in [0.1, 0.15) is 91.7 Å². The van der Waals surface area contributed by atoms with E-state index in [4.69, 9.17) is 0 Å². The maximum atomic E-state index is 14.1. The summed E-state index contributed by atoms with van der Waals surface area (Å²) in [7, 11) is 0. The predicted molar refractivity (Wildman–Crippen MR) is 158 cm³/mol. The molecule has 6 nitrogen and oxygen atoms in total. The van der Waals surface area contributed by atoms with Gasteiger partial charge in [0.1, 0.15) is 0 Å². The van der Waals surface area contributed by atoms with Crippen LogP contribution in [0.2, 0.25) is 0 Å². The second-order valence-corrected chi connectivity index (χ2v) is 12.6. The number of carboxylic acid groups (broad SMARTS) is 1. The first-order valence-electron chi connectivity index (χ1n) is 15.6. The van der Waals surface area contributed by atoms with Crippen molar-refractivity contribution in [3.8, 4) is 11.3 Å². The van der Waals surface area contributed by atoms with Gasteiger partial charge in [0, 0.05) is 42.0 Å². The average Bonchev–Trinajstić information content (AvgIpc) is 3.52. The molecule has 2 saturated heterocycles. The van der Waals surface area contributed by atoms with Crippen LogP contribution >= 0.6 is 0 Å². The Labute approximate surface area is 237 Å². The number of piperidine rings is 1. The van der Waals surface area contributed by atoms with E-state index in [9.17, 15) is 14.7 Å². The third kappa shape index (κ3) is 4.18. The van der Waals surface area contributed by atoms with E-state index < -0.39 is 5.97 Å². The van der Waals surface area contributed by atoms with E-state index in [0.29, 0.717) is 23.3 Å². The monoisotopic (exact) mass is 539 g/mol. The van der Waals surface area contributed by atoms with E-state index >= 15 is 0 Å². The molecule has 2 aromatic carbocycles. The molecule has 1 N–H and O–H groups in total. The number of aromatic carboxylic acids is 1.